The highest BCUT2D eigenvalue weighted by Crippen LogP contribution is 2.37. The van der Waals surface area contributed by atoms with E-state index in [1.165, 1.54) is 21.8 Å². The Labute approximate surface area is 197 Å². The summed E-state index contributed by atoms with van der Waals surface area (Å²) in [6.07, 6.45) is 0. The molecule has 2 heterocycles. The topological polar surface area (TPSA) is 21.3 Å². The molecular formula is C31H22N2O. The Morgan fingerprint density at radius 3 is 2.00 bits per heavy atom. The number of fused-ring (bicyclic) bond motifs is 6. The summed E-state index contributed by atoms with van der Waals surface area (Å²) in [5.74, 6) is 0. The standard InChI is InChI=1S/C31H22N2O/c1-32(23-16-18-27-26-12-6-8-14-30(26)34-31(27)20-23)22-15-17-25-24-11-5-7-13-28(24)33(29(25)19-22)21-9-3-2-4-10-21/h2-20H,1H3. The molecule has 5 aromatic carbocycles. The Bertz CT molecular complexity index is 1830. The molecular weight excluding hydrogens is 416 g/mol. The third kappa shape index (κ3) is 2.77. The van der Waals surface area contributed by atoms with Crippen LogP contribution in [0.2, 0.25) is 0 Å². The lowest BCUT2D eigenvalue weighted by atomic mass is 10.1. The van der Waals surface area contributed by atoms with E-state index in [0.29, 0.717) is 0 Å². The quantitative estimate of drug-likeness (QED) is 0.276. The van der Waals surface area contributed by atoms with E-state index < -0.39 is 0 Å². The van der Waals surface area contributed by atoms with Gasteiger partial charge in [-0.1, -0.05) is 60.7 Å². The number of furan rings is 1. The Hall–Kier alpha value is -4.50. The molecule has 0 fully saturated rings. The molecule has 3 nitrogen and oxygen atoms in total. The Morgan fingerprint density at radius 2 is 1.15 bits per heavy atom. The van der Waals surface area contributed by atoms with Gasteiger partial charge in [-0.15, -0.1) is 0 Å². The smallest absolute Gasteiger partial charge is 0.137 e. The highest BCUT2D eigenvalue weighted by molar-refractivity contribution is 6.10. The van der Waals surface area contributed by atoms with Crippen LogP contribution in [-0.2, 0) is 0 Å². The molecule has 0 amide bonds. The van der Waals surface area contributed by atoms with Crippen molar-refractivity contribution in [3.63, 3.8) is 0 Å². The second-order valence-electron chi connectivity index (χ2n) is 8.73. The predicted octanol–water partition coefficient (Wildman–Crippen LogP) is 8.45. The minimum absolute atomic E-state index is 0.907. The van der Waals surface area contributed by atoms with Crippen LogP contribution in [0.3, 0.4) is 0 Å². The molecule has 0 spiro atoms. The number of hydrogen-bond donors (Lipinski definition) is 0. The van der Waals surface area contributed by atoms with Crippen molar-refractivity contribution in [2.75, 3.05) is 11.9 Å². The first-order chi connectivity index (χ1) is 16.8. The molecule has 0 unspecified atom stereocenters. The van der Waals surface area contributed by atoms with E-state index in [9.17, 15) is 0 Å². The third-order valence-electron chi connectivity index (χ3n) is 6.81. The van der Waals surface area contributed by atoms with Gasteiger partial charge in [0, 0.05) is 51.7 Å². The number of nitrogens with zero attached hydrogens (tertiary/aromatic N) is 2. The van der Waals surface area contributed by atoms with Crippen LogP contribution in [-0.4, -0.2) is 11.6 Å². The summed E-state index contributed by atoms with van der Waals surface area (Å²) in [6.45, 7) is 0. The van der Waals surface area contributed by atoms with Gasteiger partial charge in [0.15, 0.2) is 0 Å². The fourth-order valence-electron chi connectivity index (χ4n) is 5.10. The molecule has 0 N–H and O–H groups in total. The van der Waals surface area contributed by atoms with Crippen molar-refractivity contribution in [1.82, 2.24) is 4.57 Å². The zero-order valence-corrected chi connectivity index (χ0v) is 18.8. The lowest BCUT2D eigenvalue weighted by molar-refractivity contribution is 0.669. The molecule has 0 aliphatic heterocycles. The molecule has 2 aromatic heterocycles. The number of rotatable bonds is 3. The second kappa shape index (κ2) is 7.26. The summed E-state index contributed by atoms with van der Waals surface area (Å²) in [4.78, 5) is 2.22. The van der Waals surface area contributed by atoms with Gasteiger partial charge in [0.05, 0.1) is 11.0 Å². The van der Waals surface area contributed by atoms with Crippen LogP contribution in [0.4, 0.5) is 11.4 Å². The normalized spacial score (nSPS) is 11.7. The van der Waals surface area contributed by atoms with Gasteiger partial charge in [-0.3, -0.25) is 0 Å². The summed E-state index contributed by atoms with van der Waals surface area (Å²) in [7, 11) is 2.11. The zero-order valence-electron chi connectivity index (χ0n) is 18.8. The van der Waals surface area contributed by atoms with E-state index in [1.54, 1.807) is 0 Å². The van der Waals surface area contributed by atoms with Gasteiger partial charge in [0.25, 0.3) is 0 Å². The first-order valence-corrected chi connectivity index (χ1v) is 11.5. The molecule has 162 valence electrons. The maximum absolute atomic E-state index is 6.14. The Balaban J connectivity index is 1.40. The highest BCUT2D eigenvalue weighted by Gasteiger charge is 2.15. The molecule has 0 saturated carbocycles. The minimum atomic E-state index is 0.907. The highest BCUT2D eigenvalue weighted by atomic mass is 16.3. The third-order valence-corrected chi connectivity index (χ3v) is 6.81. The van der Waals surface area contributed by atoms with Crippen molar-refractivity contribution < 1.29 is 4.42 Å². The lowest BCUT2D eigenvalue weighted by Crippen LogP contribution is -2.09. The number of hydrogen-bond acceptors (Lipinski definition) is 2. The molecule has 0 aliphatic carbocycles. The Kier molecular flexibility index (Phi) is 4.06. The molecule has 3 heteroatoms. The number of para-hydroxylation sites is 3. The van der Waals surface area contributed by atoms with E-state index >= 15 is 0 Å². The first kappa shape index (κ1) is 19.0. The summed E-state index contributed by atoms with van der Waals surface area (Å²) in [5.41, 5.74) is 7.62. The second-order valence-corrected chi connectivity index (χ2v) is 8.73. The molecule has 7 aromatic rings. The summed E-state index contributed by atoms with van der Waals surface area (Å²) < 4.78 is 8.49. The fourth-order valence-corrected chi connectivity index (χ4v) is 5.10. The lowest BCUT2D eigenvalue weighted by Gasteiger charge is -2.20. The average Bonchev–Trinajstić information content (AvgIpc) is 3.43. The van der Waals surface area contributed by atoms with Gasteiger partial charge < -0.3 is 13.9 Å². The van der Waals surface area contributed by atoms with Crippen LogP contribution in [0.1, 0.15) is 0 Å². The molecule has 0 bridgehead atoms. The van der Waals surface area contributed by atoms with E-state index in [2.05, 4.69) is 120 Å². The van der Waals surface area contributed by atoms with E-state index in [0.717, 1.165) is 39.0 Å². The molecule has 0 saturated heterocycles. The first-order valence-electron chi connectivity index (χ1n) is 11.5. The van der Waals surface area contributed by atoms with E-state index in [-0.39, 0.29) is 0 Å². The fraction of sp³-hybridized carbons (Fsp3) is 0.0323. The van der Waals surface area contributed by atoms with Crippen LogP contribution in [0, 0.1) is 0 Å². The average molecular weight is 439 g/mol. The predicted molar refractivity (Wildman–Crippen MR) is 143 cm³/mol. The van der Waals surface area contributed by atoms with Crippen molar-refractivity contribution >= 4 is 55.1 Å². The largest absolute Gasteiger partial charge is 0.456 e. The van der Waals surface area contributed by atoms with E-state index in [1.807, 2.05) is 12.1 Å². The molecule has 0 aliphatic rings. The van der Waals surface area contributed by atoms with Crippen molar-refractivity contribution in [2.24, 2.45) is 0 Å². The van der Waals surface area contributed by atoms with Gasteiger partial charge in [0.2, 0.25) is 0 Å². The number of anilines is 2. The van der Waals surface area contributed by atoms with Crippen LogP contribution in [0.25, 0.3) is 49.4 Å². The van der Waals surface area contributed by atoms with Crippen molar-refractivity contribution in [3.8, 4) is 5.69 Å². The van der Waals surface area contributed by atoms with Crippen molar-refractivity contribution in [1.29, 1.82) is 0 Å². The van der Waals surface area contributed by atoms with E-state index in [4.69, 9.17) is 4.42 Å². The number of benzene rings is 5. The zero-order chi connectivity index (χ0) is 22.6. The van der Waals surface area contributed by atoms with Crippen molar-refractivity contribution in [2.45, 2.75) is 0 Å². The molecule has 0 atom stereocenters. The van der Waals surface area contributed by atoms with Crippen LogP contribution < -0.4 is 4.90 Å². The SMILES string of the molecule is CN(c1ccc2c(c1)oc1ccccc12)c1ccc2c3ccccc3n(-c3ccccc3)c2c1. The van der Waals surface area contributed by atoms with Gasteiger partial charge in [-0.25, -0.2) is 0 Å². The molecule has 34 heavy (non-hydrogen) atoms. The molecule has 0 radical (unpaired) electrons. The van der Waals surface area contributed by atoms with Crippen LogP contribution in [0.15, 0.2) is 120 Å². The van der Waals surface area contributed by atoms with Gasteiger partial charge in [-0.2, -0.15) is 0 Å². The number of aromatic nitrogens is 1. The maximum atomic E-state index is 6.14. The Morgan fingerprint density at radius 1 is 0.529 bits per heavy atom. The monoisotopic (exact) mass is 438 g/mol. The van der Waals surface area contributed by atoms with Crippen LogP contribution in [0.5, 0.6) is 0 Å². The van der Waals surface area contributed by atoms with Gasteiger partial charge >= 0.3 is 0 Å². The maximum Gasteiger partial charge on any atom is 0.137 e. The molecule has 7 rings (SSSR count). The van der Waals surface area contributed by atoms with Crippen molar-refractivity contribution in [3.05, 3.63) is 115 Å². The van der Waals surface area contributed by atoms with Gasteiger partial charge in [0.1, 0.15) is 11.2 Å². The minimum Gasteiger partial charge on any atom is -0.456 e. The van der Waals surface area contributed by atoms with Gasteiger partial charge in [-0.05, 0) is 48.5 Å². The van der Waals surface area contributed by atoms with Crippen LogP contribution >= 0.6 is 0 Å². The summed E-state index contributed by atoms with van der Waals surface area (Å²) >= 11 is 0. The summed E-state index contributed by atoms with van der Waals surface area (Å²) in [6, 6.07) is 40.6. The summed E-state index contributed by atoms with van der Waals surface area (Å²) in [5, 5.41) is 4.82.